The first-order valence-electron chi connectivity index (χ1n) is 6.49. The third-order valence-corrected chi connectivity index (χ3v) is 3.59. The van der Waals surface area contributed by atoms with Crippen LogP contribution in [0, 0.1) is 6.92 Å². The molecule has 0 spiro atoms. The van der Waals surface area contributed by atoms with E-state index in [1.165, 1.54) is 5.56 Å². The van der Waals surface area contributed by atoms with Crippen molar-refractivity contribution in [3.63, 3.8) is 0 Å². The molecule has 0 aromatic heterocycles. The van der Waals surface area contributed by atoms with E-state index >= 15 is 0 Å². The van der Waals surface area contributed by atoms with Crippen LogP contribution >= 0.6 is 15.9 Å². The van der Waals surface area contributed by atoms with Gasteiger partial charge in [-0.2, -0.15) is 0 Å². The van der Waals surface area contributed by atoms with E-state index in [-0.39, 0.29) is 17.5 Å². The van der Waals surface area contributed by atoms with Crippen molar-refractivity contribution in [2.75, 3.05) is 0 Å². The van der Waals surface area contributed by atoms with Gasteiger partial charge < -0.3 is 10.6 Å². The van der Waals surface area contributed by atoms with Crippen LogP contribution in [0.2, 0.25) is 0 Å². The summed E-state index contributed by atoms with van der Waals surface area (Å²) in [4.78, 5) is 11.9. The highest BCUT2D eigenvalue weighted by atomic mass is 79.9. The molecule has 0 radical (unpaired) electrons. The van der Waals surface area contributed by atoms with Crippen LogP contribution in [0.5, 0.6) is 0 Å². The van der Waals surface area contributed by atoms with Gasteiger partial charge in [0.25, 0.3) is 0 Å². The highest BCUT2D eigenvalue weighted by Gasteiger charge is 2.18. The summed E-state index contributed by atoms with van der Waals surface area (Å²) in [5, 5.41) is 6.20. The van der Waals surface area contributed by atoms with Crippen LogP contribution in [0.4, 0.5) is 0 Å². The summed E-state index contributed by atoms with van der Waals surface area (Å²) in [7, 11) is 0. The lowest BCUT2D eigenvalue weighted by Gasteiger charge is -2.23. The van der Waals surface area contributed by atoms with Crippen molar-refractivity contribution in [2.24, 2.45) is 0 Å². The Bertz CT molecular complexity index is 452. The number of halogens is 1. The van der Waals surface area contributed by atoms with Crippen LogP contribution in [-0.2, 0) is 11.3 Å². The standard InChI is InChI=1S/C15H23BrN2O/c1-10-6-7-12(8-13(10)16)9-17-11(2)14(19)18-15(3,4)5/h6-8,11,17H,9H2,1-5H3,(H,18,19). The quantitative estimate of drug-likeness (QED) is 0.892. The summed E-state index contributed by atoms with van der Waals surface area (Å²) < 4.78 is 1.10. The Kier molecular flexibility index (Phi) is 5.56. The predicted molar refractivity (Wildman–Crippen MR) is 83.1 cm³/mol. The molecule has 4 heteroatoms. The first-order chi connectivity index (χ1) is 8.69. The molecule has 2 N–H and O–H groups in total. The number of nitrogens with one attached hydrogen (secondary N) is 2. The zero-order valence-corrected chi connectivity index (χ0v) is 13.9. The van der Waals surface area contributed by atoms with E-state index in [1.54, 1.807) is 0 Å². The van der Waals surface area contributed by atoms with Gasteiger partial charge in [-0.3, -0.25) is 4.79 Å². The molecule has 0 aliphatic carbocycles. The number of amides is 1. The predicted octanol–water partition coefficient (Wildman–Crippen LogP) is 3.15. The molecule has 1 aromatic rings. The molecular formula is C15H23BrN2O. The number of hydrogen-bond acceptors (Lipinski definition) is 2. The smallest absolute Gasteiger partial charge is 0.237 e. The van der Waals surface area contributed by atoms with Crippen LogP contribution in [0.15, 0.2) is 22.7 Å². The second kappa shape index (κ2) is 6.53. The molecular weight excluding hydrogens is 304 g/mol. The number of benzene rings is 1. The van der Waals surface area contributed by atoms with Crippen LogP contribution in [0.3, 0.4) is 0 Å². The molecule has 1 aromatic carbocycles. The molecule has 1 unspecified atom stereocenters. The minimum Gasteiger partial charge on any atom is -0.350 e. The second-order valence-electron chi connectivity index (χ2n) is 5.93. The van der Waals surface area contributed by atoms with Crippen molar-refractivity contribution < 1.29 is 4.79 Å². The molecule has 0 saturated heterocycles. The van der Waals surface area contributed by atoms with Crippen LogP contribution < -0.4 is 10.6 Å². The van der Waals surface area contributed by atoms with Gasteiger partial charge in [0.2, 0.25) is 5.91 Å². The monoisotopic (exact) mass is 326 g/mol. The Balaban J connectivity index is 2.52. The number of rotatable bonds is 4. The van der Waals surface area contributed by atoms with E-state index in [2.05, 4.69) is 51.7 Å². The number of hydrogen-bond donors (Lipinski definition) is 2. The van der Waals surface area contributed by atoms with E-state index in [4.69, 9.17) is 0 Å². The number of carbonyl (C=O) groups is 1. The molecule has 1 rings (SSSR count). The van der Waals surface area contributed by atoms with Gasteiger partial charge in [0.1, 0.15) is 0 Å². The maximum atomic E-state index is 11.9. The maximum absolute atomic E-state index is 11.9. The highest BCUT2D eigenvalue weighted by Crippen LogP contribution is 2.17. The summed E-state index contributed by atoms with van der Waals surface area (Å²) in [6.07, 6.45) is 0. The molecule has 106 valence electrons. The molecule has 0 bridgehead atoms. The zero-order valence-electron chi connectivity index (χ0n) is 12.3. The lowest BCUT2D eigenvalue weighted by molar-refractivity contribution is -0.124. The Morgan fingerprint density at radius 1 is 1.37 bits per heavy atom. The van der Waals surface area contributed by atoms with E-state index in [9.17, 15) is 4.79 Å². The largest absolute Gasteiger partial charge is 0.350 e. The minimum atomic E-state index is -0.209. The molecule has 0 aliphatic heterocycles. The Morgan fingerprint density at radius 2 is 2.00 bits per heavy atom. The molecule has 0 saturated carbocycles. The molecule has 0 heterocycles. The lowest BCUT2D eigenvalue weighted by atomic mass is 10.1. The van der Waals surface area contributed by atoms with Crippen LogP contribution in [-0.4, -0.2) is 17.5 Å². The van der Waals surface area contributed by atoms with Crippen molar-refractivity contribution in [1.29, 1.82) is 0 Å². The van der Waals surface area contributed by atoms with Gasteiger partial charge in [-0.05, 0) is 51.8 Å². The molecule has 0 fully saturated rings. The first-order valence-corrected chi connectivity index (χ1v) is 7.29. The van der Waals surface area contributed by atoms with Gasteiger partial charge in [-0.1, -0.05) is 28.1 Å². The fourth-order valence-corrected chi connectivity index (χ4v) is 2.01. The first kappa shape index (κ1) is 16.2. The fourth-order valence-electron chi connectivity index (χ4n) is 1.59. The van der Waals surface area contributed by atoms with Gasteiger partial charge in [-0.15, -0.1) is 0 Å². The Hall–Kier alpha value is -0.870. The number of aryl methyl sites for hydroxylation is 1. The summed E-state index contributed by atoms with van der Waals surface area (Å²) in [5.74, 6) is 0.0266. The normalized spacial score (nSPS) is 13.2. The van der Waals surface area contributed by atoms with Crippen molar-refractivity contribution in [3.05, 3.63) is 33.8 Å². The molecule has 19 heavy (non-hydrogen) atoms. The molecule has 1 amide bonds. The van der Waals surface area contributed by atoms with Gasteiger partial charge in [-0.25, -0.2) is 0 Å². The van der Waals surface area contributed by atoms with Crippen LogP contribution in [0.25, 0.3) is 0 Å². The molecule has 3 nitrogen and oxygen atoms in total. The van der Waals surface area contributed by atoms with E-state index in [1.807, 2.05) is 27.7 Å². The average Bonchev–Trinajstić information content (AvgIpc) is 2.28. The zero-order chi connectivity index (χ0) is 14.6. The van der Waals surface area contributed by atoms with Gasteiger partial charge in [0.05, 0.1) is 6.04 Å². The van der Waals surface area contributed by atoms with Gasteiger partial charge in [0.15, 0.2) is 0 Å². The summed E-state index contributed by atoms with van der Waals surface area (Å²) in [6.45, 7) is 10.6. The highest BCUT2D eigenvalue weighted by molar-refractivity contribution is 9.10. The summed E-state index contributed by atoms with van der Waals surface area (Å²) in [5.41, 5.74) is 2.18. The Labute approximate surface area is 124 Å². The van der Waals surface area contributed by atoms with Crippen LogP contribution in [0.1, 0.15) is 38.8 Å². The fraction of sp³-hybridized carbons (Fsp3) is 0.533. The molecule has 0 aliphatic rings. The van der Waals surface area contributed by atoms with Gasteiger partial charge in [0, 0.05) is 16.6 Å². The van der Waals surface area contributed by atoms with Crippen molar-refractivity contribution >= 4 is 21.8 Å². The second-order valence-corrected chi connectivity index (χ2v) is 6.78. The van der Waals surface area contributed by atoms with Crippen molar-refractivity contribution in [2.45, 2.75) is 52.7 Å². The maximum Gasteiger partial charge on any atom is 0.237 e. The summed E-state index contributed by atoms with van der Waals surface area (Å²) >= 11 is 3.51. The van der Waals surface area contributed by atoms with E-state index < -0.39 is 0 Å². The summed E-state index contributed by atoms with van der Waals surface area (Å²) in [6, 6.07) is 6.01. The third kappa shape index (κ3) is 5.74. The van der Waals surface area contributed by atoms with E-state index in [0.29, 0.717) is 6.54 Å². The Morgan fingerprint density at radius 3 is 2.53 bits per heavy atom. The van der Waals surface area contributed by atoms with Gasteiger partial charge >= 0.3 is 0 Å². The lowest BCUT2D eigenvalue weighted by Crippen LogP contribution is -2.49. The minimum absolute atomic E-state index is 0.0266. The van der Waals surface area contributed by atoms with Crippen molar-refractivity contribution in [3.8, 4) is 0 Å². The molecule has 1 atom stereocenters. The topological polar surface area (TPSA) is 41.1 Å². The van der Waals surface area contributed by atoms with Crippen molar-refractivity contribution in [1.82, 2.24) is 10.6 Å². The van der Waals surface area contributed by atoms with E-state index in [0.717, 1.165) is 10.0 Å². The SMILES string of the molecule is Cc1ccc(CNC(C)C(=O)NC(C)(C)C)cc1Br. The number of carbonyl (C=O) groups excluding carboxylic acids is 1. The average molecular weight is 327 g/mol. The third-order valence-electron chi connectivity index (χ3n) is 2.74.